The van der Waals surface area contributed by atoms with Crippen molar-refractivity contribution < 1.29 is 25.8 Å². The molecule has 238 valence electrons. The summed E-state index contributed by atoms with van der Waals surface area (Å²) in [5, 5.41) is 7.03. The summed E-state index contributed by atoms with van der Waals surface area (Å²) in [4.78, 5) is 4.69. The van der Waals surface area contributed by atoms with Gasteiger partial charge in [-0.3, -0.25) is 4.68 Å². The summed E-state index contributed by atoms with van der Waals surface area (Å²) in [7, 11) is 0. The van der Waals surface area contributed by atoms with Crippen LogP contribution in [0.5, 0.6) is 11.5 Å². The second-order valence-corrected chi connectivity index (χ2v) is 12.3. The van der Waals surface area contributed by atoms with Gasteiger partial charge in [0.1, 0.15) is 5.82 Å². The smallest absolute Gasteiger partial charge is 0.509 e. The number of rotatable bonds is 9. The van der Waals surface area contributed by atoms with Crippen molar-refractivity contribution in [3.8, 4) is 34.1 Å². The van der Waals surface area contributed by atoms with E-state index in [0.717, 1.165) is 63.7 Å². The summed E-state index contributed by atoms with van der Waals surface area (Å²) < 4.78 is 10.4. The predicted octanol–water partition coefficient (Wildman–Crippen LogP) is 10.1. The Morgan fingerprint density at radius 2 is 1.64 bits per heavy atom. The van der Waals surface area contributed by atoms with Crippen LogP contribution in [0.15, 0.2) is 97.5 Å². The number of fused-ring (bicyclic) bond motifs is 3. The quantitative estimate of drug-likeness (QED) is 0.137. The van der Waals surface area contributed by atoms with E-state index in [1.54, 1.807) is 0 Å². The first-order chi connectivity index (χ1) is 22.4. The number of ether oxygens (including phenoxy) is 1. The molecular formula is C41H38N4OPt. The third-order valence-corrected chi connectivity index (χ3v) is 8.64. The fraction of sp³-hybridized carbons (Fsp3) is 0.220. The van der Waals surface area contributed by atoms with Crippen LogP contribution in [-0.4, -0.2) is 19.3 Å². The molecule has 0 radical (unpaired) electrons. The Kier molecular flexibility index (Phi) is 9.47. The maximum absolute atomic E-state index is 6.39. The molecule has 0 aliphatic carbocycles. The van der Waals surface area contributed by atoms with Crippen LogP contribution in [0, 0.1) is 25.0 Å². The summed E-state index contributed by atoms with van der Waals surface area (Å²) in [6, 6.07) is 34.1. The van der Waals surface area contributed by atoms with E-state index in [-0.39, 0.29) is 21.1 Å². The number of nitrogens with zero attached hydrogens (tertiary/aromatic N) is 4. The Morgan fingerprint density at radius 3 is 2.43 bits per heavy atom. The minimum absolute atomic E-state index is 0. The van der Waals surface area contributed by atoms with Gasteiger partial charge in [-0.2, -0.15) is 17.2 Å². The Hall–Kier alpha value is -4.47. The molecular weight excluding hydrogens is 760 g/mol. The molecule has 4 aromatic carbocycles. The van der Waals surface area contributed by atoms with E-state index in [1.165, 1.54) is 22.3 Å². The second-order valence-electron chi connectivity index (χ2n) is 12.3. The third-order valence-electron chi connectivity index (χ3n) is 8.64. The van der Waals surface area contributed by atoms with E-state index in [2.05, 4.69) is 106 Å². The number of pyridine rings is 1. The van der Waals surface area contributed by atoms with Gasteiger partial charge in [0.05, 0.1) is 6.20 Å². The molecule has 0 fully saturated rings. The van der Waals surface area contributed by atoms with Crippen LogP contribution in [0.1, 0.15) is 49.9 Å². The first-order valence-corrected chi connectivity index (χ1v) is 16.2. The molecule has 0 aliphatic rings. The van der Waals surface area contributed by atoms with Gasteiger partial charge >= 0.3 is 21.1 Å². The Labute approximate surface area is 291 Å². The molecule has 0 amide bonds. The van der Waals surface area contributed by atoms with Crippen LogP contribution >= 0.6 is 0 Å². The molecule has 7 rings (SSSR count). The largest absolute Gasteiger partial charge is 2.00 e. The van der Waals surface area contributed by atoms with Gasteiger partial charge < -0.3 is 9.30 Å². The molecule has 0 N–H and O–H groups in total. The zero-order valence-corrected chi connectivity index (χ0v) is 29.7. The zero-order chi connectivity index (χ0) is 31.8. The van der Waals surface area contributed by atoms with Crippen molar-refractivity contribution in [2.75, 3.05) is 0 Å². The SMILES string of the molecule is CCc1ccc(CC(C)C)c(CC)c1-c1cnn(-c2[c-]c(Oc3[c-]c4c(cc3)c3ccccc3n4-c3cc(C)ccn3)ccc2)c1.[Pt+2]. The molecule has 47 heavy (non-hydrogen) atoms. The fourth-order valence-corrected chi connectivity index (χ4v) is 6.57. The first-order valence-electron chi connectivity index (χ1n) is 16.2. The standard InChI is InChI=1S/C41H38N4O.Pt/c1-6-29-15-16-30(21-27(3)4)35(7-2)41(29)31-25-43-44(26-31)32-11-10-12-33(23-32)46-34-17-18-37-36-13-8-9-14-38(36)45(39(37)24-34)40-22-28(5)19-20-42-40;/h8-20,22,25-27H,6-7,21H2,1-5H3;/q-2;+2. The van der Waals surface area contributed by atoms with E-state index in [9.17, 15) is 0 Å². The summed E-state index contributed by atoms with van der Waals surface area (Å²) in [6.07, 6.45) is 8.99. The van der Waals surface area contributed by atoms with Gasteiger partial charge in [0.2, 0.25) is 0 Å². The third kappa shape index (κ3) is 6.29. The Morgan fingerprint density at radius 1 is 0.830 bits per heavy atom. The Bertz CT molecular complexity index is 2190. The van der Waals surface area contributed by atoms with Crippen molar-refractivity contribution in [3.05, 3.63) is 132 Å². The number of hydrogen-bond acceptors (Lipinski definition) is 3. The van der Waals surface area contributed by atoms with Gasteiger partial charge in [-0.15, -0.1) is 35.7 Å². The van der Waals surface area contributed by atoms with Gasteiger partial charge in [-0.05, 0) is 89.2 Å². The van der Waals surface area contributed by atoms with Crippen molar-refractivity contribution >= 4 is 21.8 Å². The molecule has 0 saturated heterocycles. The van der Waals surface area contributed by atoms with Crippen LogP contribution in [0.4, 0.5) is 0 Å². The van der Waals surface area contributed by atoms with Gasteiger partial charge in [-0.25, -0.2) is 4.98 Å². The number of benzene rings is 4. The molecule has 0 atom stereocenters. The Balaban J connectivity index is 0.00000386. The summed E-state index contributed by atoms with van der Waals surface area (Å²) in [5.41, 5.74) is 10.6. The van der Waals surface area contributed by atoms with Crippen LogP contribution < -0.4 is 4.74 Å². The molecule has 3 heterocycles. The van der Waals surface area contributed by atoms with Gasteiger partial charge in [-0.1, -0.05) is 63.5 Å². The average molecular weight is 798 g/mol. The molecule has 0 bridgehead atoms. The topological polar surface area (TPSA) is 44.9 Å². The van der Waals surface area contributed by atoms with Crippen molar-refractivity contribution in [1.82, 2.24) is 19.3 Å². The zero-order valence-electron chi connectivity index (χ0n) is 27.4. The number of hydrogen-bond donors (Lipinski definition) is 0. The van der Waals surface area contributed by atoms with Crippen LogP contribution in [0.2, 0.25) is 0 Å². The molecule has 0 spiro atoms. The molecule has 3 aromatic heterocycles. The molecule has 5 nitrogen and oxygen atoms in total. The fourth-order valence-electron chi connectivity index (χ4n) is 6.57. The van der Waals surface area contributed by atoms with E-state index in [0.29, 0.717) is 17.4 Å². The van der Waals surface area contributed by atoms with Gasteiger partial charge in [0.25, 0.3) is 0 Å². The van der Waals surface area contributed by atoms with E-state index in [1.807, 2.05) is 47.4 Å². The van der Waals surface area contributed by atoms with E-state index >= 15 is 0 Å². The maximum atomic E-state index is 6.39. The van der Waals surface area contributed by atoms with Crippen molar-refractivity contribution in [2.24, 2.45) is 5.92 Å². The molecule has 7 aromatic rings. The van der Waals surface area contributed by atoms with Crippen LogP contribution in [0.25, 0.3) is 44.4 Å². The number of para-hydroxylation sites is 1. The maximum Gasteiger partial charge on any atom is 2.00 e. The van der Waals surface area contributed by atoms with Crippen molar-refractivity contribution in [1.29, 1.82) is 0 Å². The minimum atomic E-state index is 0. The van der Waals surface area contributed by atoms with Crippen LogP contribution in [0.3, 0.4) is 0 Å². The average Bonchev–Trinajstić information content (AvgIpc) is 3.67. The van der Waals surface area contributed by atoms with Crippen LogP contribution in [-0.2, 0) is 40.3 Å². The molecule has 6 heteroatoms. The summed E-state index contributed by atoms with van der Waals surface area (Å²) in [5.74, 6) is 2.67. The summed E-state index contributed by atoms with van der Waals surface area (Å²) in [6.45, 7) is 11.1. The molecule has 0 aliphatic heterocycles. The minimum Gasteiger partial charge on any atom is -0.509 e. The predicted molar refractivity (Wildman–Crippen MR) is 187 cm³/mol. The van der Waals surface area contributed by atoms with Crippen molar-refractivity contribution in [2.45, 2.75) is 53.9 Å². The van der Waals surface area contributed by atoms with Crippen molar-refractivity contribution in [3.63, 3.8) is 0 Å². The number of aromatic nitrogens is 4. The van der Waals surface area contributed by atoms with E-state index < -0.39 is 0 Å². The van der Waals surface area contributed by atoms with Gasteiger partial charge in [0.15, 0.2) is 0 Å². The first kappa shape index (κ1) is 32.5. The van der Waals surface area contributed by atoms with Gasteiger partial charge in [0, 0.05) is 35.0 Å². The second kappa shape index (κ2) is 13.7. The van der Waals surface area contributed by atoms with E-state index in [4.69, 9.17) is 14.8 Å². The number of aryl methyl sites for hydroxylation is 2. The monoisotopic (exact) mass is 797 g/mol. The normalized spacial score (nSPS) is 11.4. The molecule has 0 unspecified atom stereocenters. The summed E-state index contributed by atoms with van der Waals surface area (Å²) >= 11 is 0. The molecule has 0 saturated carbocycles.